The number of nitrogens with zero attached hydrogens (tertiary/aromatic N) is 1. The van der Waals surface area contributed by atoms with Gasteiger partial charge in [0.2, 0.25) is 0 Å². The van der Waals surface area contributed by atoms with Gasteiger partial charge in [-0.15, -0.1) is 0 Å². The molecule has 4 aromatic rings. The van der Waals surface area contributed by atoms with Crippen LogP contribution in [0.4, 0.5) is 13.2 Å². The van der Waals surface area contributed by atoms with Crippen molar-refractivity contribution in [3.8, 4) is 16.9 Å². The number of benzene rings is 3. The summed E-state index contributed by atoms with van der Waals surface area (Å²) < 4.78 is 41.5. The van der Waals surface area contributed by atoms with Crippen molar-refractivity contribution in [2.45, 2.75) is 32.0 Å². The van der Waals surface area contributed by atoms with Crippen molar-refractivity contribution in [1.29, 1.82) is 0 Å². The van der Waals surface area contributed by atoms with Crippen molar-refractivity contribution in [2.75, 3.05) is 6.61 Å². The Morgan fingerprint density at radius 1 is 1.00 bits per heavy atom. The fraction of sp³-hybridized carbons (Fsp3) is 0.240. The summed E-state index contributed by atoms with van der Waals surface area (Å²) in [5, 5.41) is 10.1. The van der Waals surface area contributed by atoms with Crippen molar-refractivity contribution < 1.29 is 23.0 Å². The molecule has 1 aromatic heterocycles. The van der Waals surface area contributed by atoms with E-state index in [2.05, 4.69) is 9.97 Å². The summed E-state index contributed by atoms with van der Waals surface area (Å²) in [6, 6.07) is 20.4. The van der Waals surface area contributed by atoms with E-state index in [1.807, 2.05) is 42.5 Å². The molecule has 1 unspecified atom stereocenters. The Morgan fingerprint density at radius 2 is 1.75 bits per heavy atom. The Hall–Kier alpha value is -3.32. The van der Waals surface area contributed by atoms with Gasteiger partial charge in [0.1, 0.15) is 11.6 Å². The molecule has 7 heteroatoms. The molecule has 0 amide bonds. The molecular weight excluding hydrogens is 417 g/mol. The van der Waals surface area contributed by atoms with E-state index in [0.29, 0.717) is 12.8 Å². The number of H-pyrrole nitrogens is 1. The van der Waals surface area contributed by atoms with Crippen LogP contribution in [-0.4, -0.2) is 27.9 Å². The number of ether oxygens (including phenoxy) is 1. The zero-order valence-corrected chi connectivity index (χ0v) is 17.5. The van der Waals surface area contributed by atoms with E-state index in [0.717, 1.165) is 39.1 Å². The highest BCUT2D eigenvalue weighted by atomic mass is 19.4. The van der Waals surface area contributed by atoms with Gasteiger partial charge in [0.25, 0.3) is 0 Å². The Bertz CT molecular complexity index is 1200. The number of fused-ring (bicyclic) bond motifs is 1. The second-order valence-corrected chi connectivity index (χ2v) is 7.73. The number of imidazole rings is 1. The van der Waals surface area contributed by atoms with E-state index in [9.17, 15) is 18.3 Å². The minimum Gasteiger partial charge on any atom is -0.484 e. The molecule has 166 valence electrons. The van der Waals surface area contributed by atoms with Gasteiger partial charge in [-0.3, -0.25) is 0 Å². The number of alkyl halides is 3. The number of hydrogen-bond donors (Lipinski definition) is 2. The first-order chi connectivity index (χ1) is 15.3. The lowest BCUT2D eigenvalue weighted by Crippen LogP contribution is -2.19. The van der Waals surface area contributed by atoms with Crippen LogP contribution in [0.2, 0.25) is 0 Å². The van der Waals surface area contributed by atoms with Gasteiger partial charge < -0.3 is 14.8 Å². The number of aromatic nitrogens is 2. The summed E-state index contributed by atoms with van der Waals surface area (Å²) in [5.74, 6) is 1.03. The molecule has 0 saturated heterocycles. The Kier molecular flexibility index (Phi) is 6.19. The standard InChI is InChI=1S/C25H23F3N2O2/c1-16(31)20-4-2-3-5-21(20)18-9-12-22-23(14-18)30-24(29-22)13-8-17-6-10-19(11-7-17)32-15-25(26,27)28/h2-7,9-12,14,16,31H,8,13,15H2,1H3,(H,29,30). The fourth-order valence-electron chi connectivity index (χ4n) is 3.65. The van der Waals surface area contributed by atoms with Crippen molar-refractivity contribution in [3.63, 3.8) is 0 Å². The van der Waals surface area contributed by atoms with Crippen molar-refractivity contribution in [3.05, 3.63) is 83.7 Å². The molecule has 4 nitrogen and oxygen atoms in total. The third-order valence-corrected chi connectivity index (χ3v) is 5.23. The number of aliphatic hydroxyl groups excluding tert-OH is 1. The third-order valence-electron chi connectivity index (χ3n) is 5.23. The monoisotopic (exact) mass is 440 g/mol. The molecule has 4 rings (SSSR count). The lowest BCUT2D eigenvalue weighted by molar-refractivity contribution is -0.153. The first-order valence-electron chi connectivity index (χ1n) is 10.3. The van der Waals surface area contributed by atoms with E-state index < -0.39 is 18.9 Å². The maximum atomic E-state index is 12.2. The van der Waals surface area contributed by atoms with Crippen LogP contribution in [0.3, 0.4) is 0 Å². The second-order valence-electron chi connectivity index (χ2n) is 7.73. The summed E-state index contributed by atoms with van der Waals surface area (Å²) in [6.07, 6.45) is -3.56. The molecule has 0 aliphatic carbocycles. The van der Waals surface area contributed by atoms with Crippen LogP contribution < -0.4 is 4.74 Å². The second kappa shape index (κ2) is 9.04. The molecule has 0 radical (unpaired) electrons. The van der Waals surface area contributed by atoms with Crippen LogP contribution in [-0.2, 0) is 12.8 Å². The molecule has 0 aliphatic heterocycles. The Morgan fingerprint density at radius 3 is 2.47 bits per heavy atom. The predicted molar refractivity (Wildman–Crippen MR) is 118 cm³/mol. The summed E-state index contributed by atoms with van der Waals surface area (Å²) in [7, 11) is 0. The summed E-state index contributed by atoms with van der Waals surface area (Å²) in [5.41, 5.74) is 5.60. The van der Waals surface area contributed by atoms with Gasteiger partial charge >= 0.3 is 6.18 Å². The van der Waals surface area contributed by atoms with Crippen molar-refractivity contribution in [1.82, 2.24) is 9.97 Å². The van der Waals surface area contributed by atoms with E-state index in [1.54, 1.807) is 31.2 Å². The molecular formula is C25H23F3N2O2. The van der Waals surface area contributed by atoms with Crippen LogP contribution in [0.5, 0.6) is 5.75 Å². The summed E-state index contributed by atoms with van der Waals surface area (Å²) in [4.78, 5) is 7.99. The van der Waals surface area contributed by atoms with Crippen molar-refractivity contribution >= 4 is 11.0 Å². The van der Waals surface area contributed by atoms with Crippen molar-refractivity contribution in [2.24, 2.45) is 0 Å². The molecule has 2 N–H and O–H groups in total. The van der Waals surface area contributed by atoms with E-state index >= 15 is 0 Å². The van der Waals surface area contributed by atoms with Gasteiger partial charge in [-0.2, -0.15) is 13.2 Å². The fourth-order valence-corrected chi connectivity index (χ4v) is 3.65. The highest BCUT2D eigenvalue weighted by Gasteiger charge is 2.28. The number of nitrogens with one attached hydrogen (secondary N) is 1. The summed E-state index contributed by atoms with van der Waals surface area (Å²) >= 11 is 0. The number of rotatable bonds is 7. The topological polar surface area (TPSA) is 58.1 Å². The van der Waals surface area contributed by atoms with Crippen LogP contribution in [0.25, 0.3) is 22.2 Å². The average molecular weight is 440 g/mol. The Labute approximate surface area is 183 Å². The van der Waals surface area contributed by atoms with Gasteiger partial charge in [0.05, 0.1) is 17.1 Å². The highest BCUT2D eigenvalue weighted by molar-refractivity contribution is 5.83. The lowest BCUT2D eigenvalue weighted by atomic mass is 9.96. The summed E-state index contributed by atoms with van der Waals surface area (Å²) in [6.45, 7) is 0.454. The molecule has 3 aromatic carbocycles. The van der Waals surface area contributed by atoms with Crippen LogP contribution in [0.15, 0.2) is 66.7 Å². The average Bonchev–Trinajstić information content (AvgIpc) is 3.18. The molecule has 0 fully saturated rings. The lowest BCUT2D eigenvalue weighted by Gasteiger charge is -2.11. The smallest absolute Gasteiger partial charge is 0.422 e. The molecule has 0 spiro atoms. The molecule has 0 bridgehead atoms. The minimum atomic E-state index is -4.35. The normalized spacial score (nSPS) is 12.8. The highest BCUT2D eigenvalue weighted by Crippen LogP contribution is 2.30. The number of aromatic amines is 1. The van der Waals surface area contributed by atoms with Gasteiger partial charge in [-0.05, 0) is 59.9 Å². The molecule has 1 atom stereocenters. The zero-order chi connectivity index (χ0) is 22.7. The molecule has 0 aliphatic rings. The van der Waals surface area contributed by atoms with Crippen LogP contribution in [0, 0.1) is 0 Å². The first-order valence-corrected chi connectivity index (χ1v) is 10.3. The van der Waals surface area contributed by atoms with Crippen LogP contribution in [0.1, 0.15) is 30.0 Å². The van der Waals surface area contributed by atoms with Gasteiger partial charge in [-0.25, -0.2) is 4.98 Å². The van der Waals surface area contributed by atoms with E-state index in [4.69, 9.17) is 4.74 Å². The Balaban J connectivity index is 1.45. The number of aliphatic hydroxyl groups is 1. The number of aryl methyl sites for hydroxylation is 2. The molecule has 1 heterocycles. The third kappa shape index (κ3) is 5.29. The first kappa shape index (κ1) is 21.9. The molecule has 0 saturated carbocycles. The molecule has 32 heavy (non-hydrogen) atoms. The zero-order valence-electron chi connectivity index (χ0n) is 17.5. The number of hydrogen-bond acceptors (Lipinski definition) is 3. The predicted octanol–water partition coefficient (Wildman–Crippen LogP) is 6.01. The largest absolute Gasteiger partial charge is 0.484 e. The van der Waals surface area contributed by atoms with E-state index in [1.165, 1.54) is 0 Å². The van der Waals surface area contributed by atoms with Crippen LogP contribution >= 0.6 is 0 Å². The maximum Gasteiger partial charge on any atom is 0.422 e. The SMILES string of the molecule is CC(O)c1ccccc1-c1ccc2nc(CCc3ccc(OCC(F)(F)F)cc3)[nH]c2c1. The number of halogens is 3. The van der Waals surface area contributed by atoms with Gasteiger partial charge in [-0.1, -0.05) is 42.5 Å². The van der Waals surface area contributed by atoms with Gasteiger partial charge in [0.15, 0.2) is 6.61 Å². The van der Waals surface area contributed by atoms with E-state index in [-0.39, 0.29) is 5.75 Å². The maximum absolute atomic E-state index is 12.2. The quantitative estimate of drug-likeness (QED) is 0.370. The van der Waals surface area contributed by atoms with Gasteiger partial charge in [0, 0.05) is 6.42 Å². The minimum absolute atomic E-state index is 0.194.